The molecular weight excluding hydrogens is 223 g/mol. The Labute approximate surface area is 100.0 Å². The predicted molar refractivity (Wildman–Crippen MR) is 63.1 cm³/mol. The highest BCUT2D eigenvalue weighted by atomic mass is 19.1. The molecule has 1 unspecified atom stereocenters. The number of carbonyl (C=O) groups excluding carboxylic acids is 1. The summed E-state index contributed by atoms with van der Waals surface area (Å²) >= 11 is 0. The lowest BCUT2D eigenvalue weighted by Crippen LogP contribution is -2.32. The molecule has 17 heavy (non-hydrogen) atoms. The minimum atomic E-state index is -0.784. The minimum absolute atomic E-state index is 0.100. The monoisotopic (exact) mass is 240 g/mol. The highest BCUT2D eigenvalue weighted by Gasteiger charge is 2.06. The van der Waals surface area contributed by atoms with Crippen molar-refractivity contribution in [2.75, 3.05) is 13.2 Å². The summed E-state index contributed by atoms with van der Waals surface area (Å²) in [5.74, 6) is -0.200. The first-order valence-corrected chi connectivity index (χ1v) is 5.48. The highest BCUT2D eigenvalue weighted by molar-refractivity contribution is 5.64. The van der Waals surface area contributed by atoms with Gasteiger partial charge in [-0.1, -0.05) is 18.2 Å². The van der Waals surface area contributed by atoms with Crippen LogP contribution in [-0.2, 0) is 11.2 Å². The molecule has 4 nitrogen and oxygen atoms in total. The molecule has 0 bridgehead atoms. The zero-order chi connectivity index (χ0) is 12.7. The van der Waals surface area contributed by atoms with E-state index >= 15 is 0 Å². The van der Waals surface area contributed by atoms with E-state index in [0.717, 1.165) is 0 Å². The number of halogens is 1. The lowest BCUT2D eigenvalue weighted by molar-refractivity contribution is 0.156. The standard InChI is InChI=1S/C12H17FN2O2/c1-9(15-6-7-17-12(14)16)8-10-4-2-3-5-11(10)13/h2-5,9,15H,6-8H2,1H3,(H2,14,16). The molecule has 94 valence electrons. The van der Waals surface area contributed by atoms with Crippen molar-refractivity contribution < 1.29 is 13.9 Å². The van der Waals surface area contributed by atoms with Gasteiger partial charge >= 0.3 is 6.09 Å². The Bertz CT molecular complexity index is 371. The summed E-state index contributed by atoms with van der Waals surface area (Å²) < 4.78 is 17.9. The SMILES string of the molecule is CC(Cc1ccccc1F)NCCOC(N)=O. The van der Waals surface area contributed by atoms with Crippen LogP contribution < -0.4 is 11.1 Å². The maximum atomic E-state index is 13.3. The average Bonchev–Trinajstić information content (AvgIpc) is 2.27. The third-order valence-corrected chi connectivity index (χ3v) is 2.32. The number of hydrogen-bond acceptors (Lipinski definition) is 3. The van der Waals surface area contributed by atoms with E-state index in [1.807, 2.05) is 6.92 Å². The van der Waals surface area contributed by atoms with Crippen molar-refractivity contribution >= 4 is 6.09 Å². The molecule has 0 radical (unpaired) electrons. The van der Waals surface area contributed by atoms with Gasteiger partial charge in [-0.3, -0.25) is 0 Å². The average molecular weight is 240 g/mol. The molecule has 0 fully saturated rings. The number of nitrogens with one attached hydrogen (secondary N) is 1. The van der Waals surface area contributed by atoms with Crippen LogP contribution in [0.1, 0.15) is 12.5 Å². The van der Waals surface area contributed by atoms with Crippen molar-refractivity contribution in [2.45, 2.75) is 19.4 Å². The van der Waals surface area contributed by atoms with Gasteiger partial charge in [0.15, 0.2) is 0 Å². The lowest BCUT2D eigenvalue weighted by atomic mass is 10.1. The van der Waals surface area contributed by atoms with Gasteiger partial charge in [-0.15, -0.1) is 0 Å². The van der Waals surface area contributed by atoms with Gasteiger partial charge in [0.2, 0.25) is 0 Å². The van der Waals surface area contributed by atoms with Crippen LogP contribution in [0.4, 0.5) is 9.18 Å². The van der Waals surface area contributed by atoms with Gasteiger partial charge in [0, 0.05) is 12.6 Å². The summed E-state index contributed by atoms with van der Waals surface area (Å²) in [6.45, 7) is 2.66. The maximum Gasteiger partial charge on any atom is 0.404 e. The Kier molecular flexibility index (Phi) is 5.42. The molecule has 0 aromatic heterocycles. The summed E-state index contributed by atoms with van der Waals surface area (Å²) in [5, 5.41) is 3.11. The fourth-order valence-corrected chi connectivity index (χ4v) is 1.52. The van der Waals surface area contributed by atoms with Crippen molar-refractivity contribution in [2.24, 2.45) is 5.73 Å². The summed E-state index contributed by atoms with van der Waals surface area (Å²) in [6, 6.07) is 6.77. The zero-order valence-corrected chi connectivity index (χ0v) is 9.78. The van der Waals surface area contributed by atoms with Crippen LogP contribution in [0.3, 0.4) is 0 Å². The lowest BCUT2D eigenvalue weighted by Gasteiger charge is -2.14. The number of hydrogen-bond donors (Lipinski definition) is 2. The van der Waals surface area contributed by atoms with Crippen LogP contribution >= 0.6 is 0 Å². The van der Waals surface area contributed by atoms with E-state index in [1.54, 1.807) is 18.2 Å². The Morgan fingerprint density at radius 2 is 2.24 bits per heavy atom. The summed E-state index contributed by atoms with van der Waals surface area (Å²) in [5.41, 5.74) is 5.48. The molecule has 3 N–H and O–H groups in total. The minimum Gasteiger partial charge on any atom is -0.448 e. The molecule has 0 saturated carbocycles. The predicted octanol–water partition coefficient (Wildman–Crippen LogP) is 1.44. The molecule has 0 aliphatic heterocycles. The number of amides is 1. The second kappa shape index (κ2) is 6.85. The van der Waals surface area contributed by atoms with E-state index in [0.29, 0.717) is 18.5 Å². The van der Waals surface area contributed by atoms with Crippen molar-refractivity contribution in [3.05, 3.63) is 35.6 Å². The Balaban J connectivity index is 2.27. The van der Waals surface area contributed by atoms with Crippen LogP contribution in [0.25, 0.3) is 0 Å². The van der Waals surface area contributed by atoms with Crippen molar-refractivity contribution in [3.8, 4) is 0 Å². The van der Waals surface area contributed by atoms with Gasteiger partial charge < -0.3 is 15.8 Å². The van der Waals surface area contributed by atoms with Crippen LogP contribution in [0.5, 0.6) is 0 Å². The molecule has 0 aliphatic rings. The number of carbonyl (C=O) groups is 1. The zero-order valence-electron chi connectivity index (χ0n) is 9.78. The topological polar surface area (TPSA) is 64.3 Å². The largest absolute Gasteiger partial charge is 0.448 e. The van der Waals surface area contributed by atoms with Crippen LogP contribution in [-0.4, -0.2) is 25.3 Å². The van der Waals surface area contributed by atoms with E-state index in [2.05, 4.69) is 10.1 Å². The van der Waals surface area contributed by atoms with E-state index in [-0.39, 0.29) is 18.5 Å². The first kappa shape index (κ1) is 13.4. The number of nitrogens with two attached hydrogens (primary N) is 1. The second-order valence-corrected chi connectivity index (χ2v) is 3.82. The summed E-state index contributed by atoms with van der Waals surface area (Å²) in [6.07, 6.45) is -0.197. The number of rotatable bonds is 6. The third-order valence-electron chi connectivity index (χ3n) is 2.32. The van der Waals surface area contributed by atoms with Gasteiger partial charge in [-0.05, 0) is 25.0 Å². The molecule has 1 aromatic rings. The molecule has 1 rings (SSSR count). The number of primary amides is 1. The van der Waals surface area contributed by atoms with Crippen LogP contribution in [0.15, 0.2) is 24.3 Å². The van der Waals surface area contributed by atoms with E-state index in [9.17, 15) is 9.18 Å². The fraction of sp³-hybridized carbons (Fsp3) is 0.417. The smallest absolute Gasteiger partial charge is 0.404 e. The highest BCUT2D eigenvalue weighted by Crippen LogP contribution is 2.08. The molecule has 0 aliphatic carbocycles. The Morgan fingerprint density at radius 3 is 2.88 bits per heavy atom. The second-order valence-electron chi connectivity index (χ2n) is 3.82. The van der Waals surface area contributed by atoms with Crippen molar-refractivity contribution in [1.29, 1.82) is 0 Å². The molecular formula is C12H17FN2O2. The molecule has 5 heteroatoms. The van der Waals surface area contributed by atoms with E-state index in [1.165, 1.54) is 6.07 Å². The molecule has 0 saturated heterocycles. The first-order chi connectivity index (χ1) is 8.09. The van der Waals surface area contributed by atoms with Crippen molar-refractivity contribution in [3.63, 3.8) is 0 Å². The van der Waals surface area contributed by atoms with Crippen LogP contribution in [0.2, 0.25) is 0 Å². The quantitative estimate of drug-likeness (QED) is 0.739. The normalized spacial score (nSPS) is 12.1. The van der Waals surface area contributed by atoms with Crippen molar-refractivity contribution in [1.82, 2.24) is 5.32 Å². The maximum absolute atomic E-state index is 13.3. The van der Waals surface area contributed by atoms with Gasteiger partial charge in [0.05, 0.1) is 0 Å². The molecule has 1 amide bonds. The van der Waals surface area contributed by atoms with Gasteiger partial charge in [0.25, 0.3) is 0 Å². The van der Waals surface area contributed by atoms with Gasteiger partial charge in [0.1, 0.15) is 12.4 Å². The molecule has 0 spiro atoms. The van der Waals surface area contributed by atoms with Crippen LogP contribution in [0, 0.1) is 5.82 Å². The van der Waals surface area contributed by atoms with E-state index < -0.39 is 6.09 Å². The summed E-state index contributed by atoms with van der Waals surface area (Å²) in [4.78, 5) is 10.3. The number of ether oxygens (including phenoxy) is 1. The molecule has 0 heterocycles. The fourth-order valence-electron chi connectivity index (χ4n) is 1.52. The van der Waals surface area contributed by atoms with Gasteiger partial charge in [-0.25, -0.2) is 9.18 Å². The number of benzene rings is 1. The van der Waals surface area contributed by atoms with E-state index in [4.69, 9.17) is 5.73 Å². The molecule has 1 atom stereocenters. The molecule has 1 aromatic carbocycles. The third kappa shape index (κ3) is 5.31. The first-order valence-electron chi connectivity index (χ1n) is 5.48. The summed E-state index contributed by atoms with van der Waals surface area (Å²) in [7, 11) is 0. The Morgan fingerprint density at radius 1 is 1.53 bits per heavy atom. The Hall–Kier alpha value is -1.62. The van der Waals surface area contributed by atoms with Gasteiger partial charge in [-0.2, -0.15) is 0 Å².